The highest BCUT2D eigenvalue weighted by atomic mass is 16.5. The van der Waals surface area contributed by atoms with Gasteiger partial charge in [0.25, 0.3) is 0 Å². The number of urea groups is 1. The molecule has 8 nitrogen and oxygen atoms in total. The molecule has 0 aromatic rings. The number of esters is 2. The minimum absolute atomic E-state index is 0.131. The molecule has 0 aliphatic heterocycles. The van der Waals surface area contributed by atoms with E-state index in [0.29, 0.717) is 35.3 Å². The van der Waals surface area contributed by atoms with Gasteiger partial charge in [0.2, 0.25) is 0 Å². The van der Waals surface area contributed by atoms with Crippen molar-refractivity contribution in [1.29, 1.82) is 0 Å². The smallest absolute Gasteiger partial charge is 0.332 e. The zero-order chi connectivity index (χ0) is 29.0. The van der Waals surface area contributed by atoms with Gasteiger partial charge in [-0.05, 0) is 80.1 Å². The van der Waals surface area contributed by atoms with E-state index in [2.05, 4.69) is 52.1 Å². The van der Waals surface area contributed by atoms with Gasteiger partial charge in [-0.25, -0.2) is 10.2 Å². The van der Waals surface area contributed by atoms with Gasteiger partial charge in [0, 0.05) is 0 Å². The van der Waals surface area contributed by atoms with Gasteiger partial charge in [-0.2, -0.15) is 5.10 Å². The third-order valence-corrected chi connectivity index (χ3v) is 9.50. The number of primary amides is 1. The van der Waals surface area contributed by atoms with Gasteiger partial charge >= 0.3 is 18.0 Å². The molecule has 0 saturated heterocycles. The van der Waals surface area contributed by atoms with E-state index < -0.39 is 29.8 Å². The van der Waals surface area contributed by atoms with Crippen molar-refractivity contribution >= 4 is 23.7 Å². The van der Waals surface area contributed by atoms with E-state index in [0.717, 1.165) is 44.1 Å². The van der Waals surface area contributed by atoms with Crippen LogP contribution in [0.4, 0.5) is 4.79 Å². The van der Waals surface area contributed by atoms with Crippen molar-refractivity contribution in [2.45, 2.75) is 106 Å². The van der Waals surface area contributed by atoms with Gasteiger partial charge < -0.3 is 15.2 Å². The van der Waals surface area contributed by atoms with Gasteiger partial charge in [0.15, 0.2) is 0 Å². The van der Waals surface area contributed by atoms with Crippen molar-refractivity contribution in [2.75, 3.05) is 0 Å². The average molecular weight is 546 g/mol. The molecular weight excluding hydrogens is 494 g/mol. The second-order valence-corrected chi connectivity index (χ2v) is 13.3. The van der Waals surface area contributed by atoms with Crippen LogP contribution in [-0.2, 0) is 19.1 Å². The number of nitrogens with zero attached hydrogens (tertiary/aromatic N) is 1. The fraction of sp³-hybridized carbons (Fsp3) is 0.806. The third-order valence-electron chi connectivity index (χ3n) is 9.50. The predicted molar refractivity (Wildman–Crippen MR) is 153 cm³/mol. The van der Waals surface area contributed by atoms with E-state index in [9.17, 15) is 14.4 Å². The zero-order valence-electron chi connectivity index (χ0n) is 25.2. The summed E-state index contributed by atoms with van der Waals surface area (Å²) < 4.78 is 12.4. The normalized spacial score (nSPS) is 36.4. The Labute approximate surface area is 234 Å². The maximum atomic E-state index is 13.8. The summed E-state index contributed by atoms with van der Waals surface area (Å²) in [5, 5.41) is 4.17. The number of carbonyl (C=O) groups is 3. The Morgan fingerprint density at radius 3 is 1.74 bits per heavy atom. The average Bonchev–Trinajstić information content (AvgIpc) is 2.82. The molecule has 3 N–H and O–H groups in total. The Hall–Kier alpha value is -2.38. The number of allylic oxidation sites excluding steroid dienone is 1. The number of hydrogen-bond acceptors (Lipinski definition) is 6. The summed E-state index contributed by atoms with van der Waals surface area (Å²) in [7, 11) is 0. The molecule has 3 aliphatic carbocycles. The van der Waals surface area contributed by atoms with E-state index in [1.165, 1.54) is 0 Å². The fourth-order valence-corrected chi connectivity index (χ4v) is 7.19. The largest absolute Gasteiger partial charge is 0.462 e. The number of hydrazone groups is 1. The SMILES string of the molecule is CC1=C/C(=N/NC(N)=O)[C@@H](C(=O)O[C@@H]2C[C@H](C)CC[C@@H]2C(C)C)[C@@H](C)[C@H]1C(=O)O[C@@H]1C[C@@H](C)CC[C@@H]1C(C)C. The fourth-order valence-electron chi connectivity index (χ4n) is 7.19. The van der Waals surface area contributed by atoms with Crippen molar-refractivity contribution in [3.63, 3.8) is 0 Å². The summed E-state index contributed by atoms with van der Waals surface area (Å²) in [4.78, 5) is 39.0. The van der Waals surface area contributed by atoms with Crippen LogP contribution in [0, 0.1) is 53.3 Å². The molecule has 2 amide bonds. The maximum Gasteiger partial charge on any atom is 0.332 e. The first-order chi connectivity index (χ1) is 18.3. The lowest BCUT2D eigenvalue weighted by atomic mass is 9.71. The Balaban J connectivity index is 1.88. The predicted octanol–water partition coefficient (Wildman–Crippen LogP) is 5.85. The number of hydrogen-bond donors (Lipinski definition) is 2. The third kappa shape index (κ3) is 7.63. The van der Waals surface area contributed by atoms with Crippen LogP contribution in [0.15, 0.2) is 16.8 Å². The summed E-state index contributed by atoms with van der Waals surface area (Å²) >= 11 is 0. The van der Waals surface area contributed by atoms with E-state index >= 15 is 0 Å². The van der Waals surface area contributed by atoms with Gasteiger partial charge in [0.05, 0.1) is 11.6 Å². The minimum Gasteiger partial charge on any atom is -0.462 e. The quantitative estimate of drug-likeness (QED) is 0.307. The minimum atomic E-state index is -0.825. The molecule has 0 bridgehead atoms. The molecule has 220 valence electrons. The van der Waals surface area contributed by atoms with Crippen molar-refractivity contribution in [1.82, 2.24) is 5.43 Å². The Kier molecular flexibility index (Phi) is 10.6. The molecule has 3 aliphatic rings. The highest BCUT2D eigenvalue weighted by Crippen LogP contribution is 2.41. The molecule has 8 heteroatoms. The van der Waals surface area contributed by atoms with E-state index in [4.69, 9.17) is 15.2 Å². The van der Waals surface area contributed by atoms with Crippen LogP contribution in [0.2, 0.25) is 0 Å². The number of amides is 2. The molecule has 0 heterocycles. The summed E-state index contributed by atoms with van der Waals surface area (Å²) in [6.45, 7) is 16.8. The van der Waals surface area contributed by atoms with Gasteiger partial charge in [-0.3, -0.25) is 9.59 Å². The molecule has 39 heavy (non-hydrogen) atoms. The Bertz CT molecular complexity index is 958. The first-order valence-corrected chi connectivity index (χ1v) is 15.0. The van der Waals surface area contributed by atoms with Crippen LogP contribution >= 0.6 is 0 Å². The summed E-state index contributed by atoms with van der Waals surface area (Å²) in [6, 6.07) is -0.818. The first-order valence-electron chi connectivity index (χ1n) is 15.0. The highest BCUT2D eigenvalue weighted by Gasteiger charge is 2.46. The first kappa shape index (κ1) is 31.2. The second-order valence-electron chi connectivity index (χ2n) is 13.3. The van der Waals surface area contributed by atoms with E-state index in [-0.39, 0.29) is 24.1 Å². The molecule has 2 saturated carbocycles. The maximum absolute atomic E-state index is 13.8. The summed E-state index contributed by atoms with van der Waals surface area (Å²) in [5.41, 5.74) is 8.65. The van der Waals surface area contributed by atoms with Crippen molar-refractivity contribution < 1.29 is 23.9 Å². The molecular formula is C31H51N3O5. The van der Waals surface area contributed by atoms with Gasteiger partial charge in [-0.15, -0.1) is 0 Å². The van der Waals surface area contributed by atoms with Crippen LogP contribution in [0.25, 0.3) is 0 Å². The molecule has 2 fully saturated rings. The number of rotatable bonds is 7. The molecule has 0 radical (unpaired) electrons. The monoisotopic (exact) mass is 545 g/mol. The van der Waals surface area contributed by atoms with Crippen molar-refractivity contribution in [3.05, 3.63) is 11.6 Å². The Morgan fingerprint density at radius 2 is 1.31 bits per heavy atom. The number of nitrogens with two attached hydrogens (primary N) is 1. The van der Waals surface area contributed by atoms with Crippen molar-refractivity contribution in [3.8, 4) is 0 Å². The zero-order valence-corrected chi connectivity index (χ0v) is 25.2. The summed E-state index contributed by atoms with van der Waals surface area (Å²) in [5.74, 6) is -0.198. The molecule has 0 unspecified atom stereocenters. The lowest BCUT2D eigenvalue weighted by Crippen LogP contribution is -2.46. The molecule has 9 atom stereocenters. The standard InChI is InChI=1S/C31H51N3O5/c1-16(2)22-11-9-18(5)13-25(22)38-29(35)27-20(7)15-24(33-34-31(32)37)28(21(27)8)30(36)39-26-14-19(6)10-12-23(26)17(3)4/h15-19,21-23,25-28H,9-14H2,1-8H3,(H3,32,34,37)/b33-24-/t18-,19+,21-,22+,23+,25+,26+,27-,28-/m0/s1. The van der Waals surface area contributed by atoms with Crippen LogP contribution in [-0.4, -0.2) is 35.9 Å². The molecule has 0 aromatic carbocycles. The topological polar surface area (TPSA) is 120 Å². The summed E-state index contributed by atoms with van der Waals surface area (Å²) in [6.07, 6.45) is 7.40. The van der Waals surface area contributed by atoms with Crippen LogP contribution in [0.3, 0.4) is 0 Å². The number of carbonyl (C=O) groups excluding carboxylic acids is 3. The van der Waals surface area contributed by atoms with Gasteiger partial charge in [0.1, 0.15) is 18.1 Å². The Morgan fingerprint density at radius 1 is 0.846 bits per heavy atom. The van der Waals surface area contributed by atoms with E-state index in [1.807, 2.05) is 13.8 Å². The number of nitrogens with one attached hydrogen (secondary N) is 1. The molecule has 0 spiro atoms. The lowest BCUT2D eigenvalue weighted by Gasteiger charge is -2.40. The molecule has 0 aromatic heterocycles. The van der Waals surface area contributed by atoms with Crippen LogP contribution < -0.4 is 11.2 Å². The second kappa shape index (κ2) is 13.3. The van der Waals surface area contributed by atoms with Gasteiger partial charge in [-0.1, -0.05) is 66.9 Å². The van der Waals surface area contributed by atoms with E-state index in [1.54, 1.807) is 6.08 Å². The number of ether oxygens (including phenoxy) is 2. The highest BCUT2D eigenvalue weighted by molar-refractivity contribution is 6.11. The van der Waals surface area contributed by atoms with Crippen LogP contribution in [0.1, 0.15) is 93.9 Å². The van der Waals surface area contributed by atoms with Crippen molar-refractivity contribution in [2.24, 2.45) is 64.1 Å². The van der Waals surface area contributed by atoms with Crippen LogP contribution in [0.5, 0.6) is 0 Å². The molecule has 3 rings (SSSR count). The lowest BCUT2D eigenvalue weighted by molar-refractivity contribution is -0.165.